The third-order valence-corrected chi connectivity index (χ3v) is 2.31. The predicted octanol–water partition coefficient (Wildman–Crippen LogP) is 2.67. The number of benzene rings is 1. The topological polar surface area (TPSA) is 83.4 Å². The minimum Gasteiger partial charge on any atom is -0.493 e. The molecule has 1 aromatic heterocycles. The fourth-order valence-electron chi connectivity index (χ4n) is 1.49. The van der Waals surface area contributed by atoms with Crippen LogP contribution in [0.25, 0.3) is 11.5 Å². The van der Waals surface area contributed by atoms with Crippen molar-refractivity contribution in [1.82, 2.24) is 10.2 Å². The maximum atomic E-state index is 5.90. The van der Waals surface area contributed by atoms with E-state index in [0.29, 0.717) is 34.5 Å². The molecule has 104 valence electrons. The van der Waals surface area contributed by atoms with E-state index in [4.69, 9.17) is 19.6 Å². The number of nitrogens with zero attached hydrogens (tertiary/aromatic N) is 2. The van der Waals surface area contributed by atoms with E-state index < -0.39 is 0 Å². The Labute approximate surface area is 112 Å². The number of nitrogen functional groups attached to an aromatic ring is 1. The second-order valence-electron chi connectivity index (χ2n) is 3.42. The molecule has 0 spiro atoms. The van der Waals surface area contributed by atoms with Gasteiger partial charge in [-0.1, -0.05) is 13.8 Å². The van der Waals surface area contributed by atoms with Gasteiger partial charge < -0.3 is 19.6 Å². The number of rotatable bonds is 3. The molecule has 0 bridgehead atoms. The lowest BCUT2D eigenvalue weighted by Gasteiger charge is -2.10. The van der Waals surface area contributed by atoms with Crippen LogP contribution in [0.2, 0.25) is 0 Å². The fourth-order valence-corrected chi connectivity index (χ4v) is 1.49. The van der Waals surface area contributed by atoms with Gasteiger partial charge in [-0.2, -0.15) is 0 Å². The number of hydrogen-bond donors (Lipinski definition) is 1. The lowest BCUT2D eigenvalue weighted by molar-refractivity contribution is 0.355. The van der Waals surface area contributed by atoms with Gasteiger partial charge in [0.1, 0.15) is 0 Å². The SMILES string of the molecule is CC.COc1cc(N)c(-c2nnc(C)o2)cc1OC. The van der Waals surface area contributed by atoms with Gasteiger partial charge >= 0.3 is 0 Å². The van der Waals surface area contributed by atoms with Crippen LogP contribution in [0.15, 0.2) is 16.5 Å². The van der Waals surface area contributed by atoms with Crippen LogP contribution in [0.4, 0.5) is 5.69 Å². The van der Waals surface area contributed by atoms with Crippen molar-refractivity contribution in [1.29, 1.82) is 0 Å². The van der Waals surface area contributed by atoms with Gasteiger partial charge in [-0.3, -0.25) is 0 Å². The Balaban J connectivity index is 0.000000861. The van der Waals surface area contributed by atoms with Crippen molar-refractivity contribution in [3.8, 4) is 23.0 Å². The molecule has 2 N–H and O–H groups in total. The molecule has 0 aliphatic rings. The first kappa shape index (κ1) is 14.8. The lowest BCUT2D eigenvalue weighted by atomic mass is 10.1. The average molecular weight is 265 g/mol. The number of methoxy groups -OCH3 is 2. The minimum atomic E-state index is 0.362. The monoisotopic (exact) mass is 265 g/mol. The molecule has 2 rings (SSSR count). The number of aromatic nitrogens is 2. The van der Waals surface area contributed by atoms with Gasteiger partial charge in [-0.25, -0.2) is 0 Å². The first-order chi connectivity index (χ1) is 9.15. The Hall–Kier alpha value is -2.24. The zero-order valence-corrected chi connectivity index (χ0v) is 11.9. The summed E-state index contributed by atoms with van der Waals surface area (Å²) in [5.41, 5.74) is 7.02. The predicted molar refractivity (Wildman–Crippen MR) is 73.3 cm³/mol. The Morgan fingerprint density at radius 3 is 2.11 bits per heavy atom. The number of aryl methyl sites for hydroxylation is 1. The van der Waals surface area contributed by atoms with E-state index in [2.05, 4.69) is 10.2 Å². The molecule has 0 amide bonds. The van der Waals surface area contributed by atoms with E-state index in [1.165, 1.54) is 0 Å². The normalized spacial score (nSPS) is 9.53. The van der Waals surface area contributed by atoms with E-state index in [-0.39, 0.29) is 0 Å². The van der Waals surface area contributed by atoms with E-state index in [1.807, 2.05) is 13.8 Å². The van der Waals surface area contributed by atoms with Crippen molar-refractivity contribution in [2.45, 2.75) is 20.8 Å². The lowest BCUT2D eigenvalue weighted by Crippen LogP contribution is -1.96. The van der Waals surface area contributed by atoms with Crippen LogP contribution in [-0.4, -0.2) is 24.4 Å². The Morgan fingerprint density at radius 1 is 1.05 bits per heavy atom. The Bertz CT molecular complexity index is 538. The fraction of sp³-hybridized carbons (Fsp3) is 0.385. The second-order valence-corrected chi connectivity index (χ2v) is 3.42. The highest BCUT2D eigenvalue weighted by Gasteiger charge is 2.14. The molecule has 1 heterocycles. The number of hydrogen-bond acceptors (Lipinski definition) is 6. The van der Waals surface area contributed by atoms with Crippen LogP contribution < -0.4 is 15.2 Å². The summed E-state index contributed by atoms with van der Waals surface area (Å²) in [4.78, 5) is 0. The van der Waals surface area contributed by atoms with Gasteiger partial charge in [-0.15, -0.1) is 10.2 Å². The maximum absolute atomic E-state index is 5.90. The molecule has 0 fully saturated rings. The summed E-state index contributed by atoms with van der Waals surface area (Å²) in [7, 11) is 3.10. The zero-order valence-electron chi connectivity index (χ0n) is 11.9. The second kappa shape index (κ2) is 6.63. The summed E-state index contributed by atoms with van der Waals surface area (Å²) >= 11 is 0. The Morgan fingerprint density at radius 2 is 1.63 bits per heavy atom. The molecule has 0 atom stereocenters. The van der Waals surface area contributed by atoms with Gasteiger partial charge in [0, 0.05) is 18.7 Å². The first-order valence-electron chi connectivity index (χ1n) is 5.97. The average Bonchev–Trinajstić information content (AvgIpc) is 2.87. The summed E-state index contributed by atoms with van der Waals surface area (Å²) < 4.78 is 15.7. The third kappa shape index (κ3) is 3.15. The van der Waals surface area contributed by atoms with Gasteiger partial charge in [-0.05, 0) is 6.07 Å². The smallest absolute Gasteiger partial charge is 0.249 e. The molecule has 0 aliphatic carbocycles. The molecule has 0 saturated carbocycles. The molecular weight excluding hydrogens is 246 g/mol. The third-order valence-electron chi connectivity index (χ3n) is 2.31. The number of ether oxygens (including phenoxy) is 2. The molecule has 6 nitrogen and oxygen atoms in total. The highest BCUT2D eigenvalue weighted by atomic mass is 16.5. The van der Waals surface area contributed by atoms with Crippen LogP contribution in [0.1, 0.15) is 19.7 Å². The molecule has 2 aromatic rings. The quantitative estimate of drug-likeness (QED) is 0.859. The van der Waals surface area contributed by atoms with Crippen molar-refractivity contribution < 1.29 is 13.9 Å². The summed E-state index contributed by atoms with van der Waals surface area (Å²) in [6, 6.07) is 3.37. The van der Waals surface area contributed by atoms with Gasteiger partial charge in [0.05, 0.1) is 19.8 Å². The van der Waals surface area contributed by atoms with Crippen molar-refractivity contribution in [3.05, 3.63) is 18.0 Å². The van der Waals surface area contributed by atoms with E-state index in [1.54, 1.807) is 33.3 Å². The van der Waals surface area contributed by atoms with Crippen LogP contribution in [0, 0.1) is 6.92 Å². The summed E-state index contributed by atoms with van der Waals surface area (Å²) in [6.07, 6.45) is 0. The Kier molecular flexibility index (Phi) is 5.17. The molecule has 1 aromatic carbocycles. The van der Waals surface area contributed by atoms with Crippen molar-refractivity contribution >= 4 is 5.69 Å². The number of anilines is 1. The number of nitrogens with two attached hydrogens (primary N) is 1. The first-order valence-corrected chi connectivity index (χ1v) is 5.97. The van der Waals surface area contributed by atoms with Crippen LogP contribution in [0.5, 0.6) is 11.5 Å². The van der Waals surface area contributed by atoms with Crippen molar-refractivity contribution in [3.63, 3.8) is 0 Å². The van der Waals surface area contributed by atoms with Crippen LogP contribution in [-0.2, 0) is 0 Å². The van der Waals surface area contributed by atoms with E-state index in [0.717, 1.165) is 0 Å². The standard InChI is InChI=1S/C11H13N3O3.C2H6/c1-6-13-14-11(17-6)7-4-9(15-2)10(16-3)5-8(7)12;1-2/h4-5H,12H2,1-3H3;1-2H3. The summed E-state index contributed by atoms with van der Waals surface area (Å²) in [5.74, 6) is 1.97. The molecule has 0 aliphatic heterocycles. The van der Waals surface area contributed by atoms with E-state index >= 15 is 0 Å². The van der Waals surface area contributed by atoms with Crippen molar-refractivity contribution in [2.75, 3.05) is 20.0 Å². The highest BCUT2D eigenvalue weighted by molar-refractivity contribution is 5.74. The molecule has 0 radical (unpaired) electrons. The maximum Gasteiger partial charge on any atom is 0.249 e. The molecule has 6 heteroatoms. The summed E-state index contributed by atoms with van der Waals surface area (Å²) in [6.45, 7) is 5.72. The zero-order chi connectivity index (χ0) is 14.4. The minimum absolute atomic E-state index is 0.362. The largest absolute Gasteiger partial charge is 0.493 e. The molecule has 19 heavy (non-hydrogen) atoms. The van der Waals surface area contributed by atoms with Crippen molar-refractivity contribution in [2.24, 2.45) is 0 Å². The molecular formula is C13H19N3O3. The van der Waals surface area contributed by atoms with Crippen LogP contribution in [0.3, 0.4) is 0 Å². The highest BCUT2D eigenvalue weighted by Crippen LogP contribution is 2.36. The van der Waals surface area contributed by atoms with Crippen LogP contribution >= 0.6 is 0 Å². The van der Waals surface area contributed by atoms with Gasteiger partial charge in [0.2, 0.25) is 11.8 Å². The molecule has 0 saturated heterocycles. The van der Waals surface area contributed by atoms with Gasteiger partial charge in [0.25, 0.3) is 0 Å². The van der Waals surface area contributed by atoms with E-state index in [9.17, 15) is 0 Å². The summed E-state index contributed by atoms with van der Waals surface area (Å²) in [5, 5.41) is 7.67. The van der Waals surface area contributed by atoms with Gasteiger partial charge in [0.15, 0.2) is 11.5 Å². The molecule has 0 unspecified atom stereocenters.